The van der Waals surface area contributed by atoms with Crippen LogP contribution >= 0.6 is 0 Å². The first-order chi connectivity index (χ1) is 28.0. The Morgan fingerprint density at radius 3 is 1.63 bits per heavy atom. The van der Waals surface area contributed by atoms with Crippen molar-refractivity contribution in [3.63, 3.8) is 0 Å². The fourth-order valence-corrected chi connectivity index (χ4v) is 11.1. The molecule has 0 saturated heterocycles. The smallest absolute Gasteiger partial charge is 0.235 e. The van der Waals surface area contributed by atoms with Crippen molar-refractivity contribution in [2.45, 2.75) is 24.7 Å². The van der Waals surface area contributed by atoms with Crippen molar-refractivity contribution < 1.29 is 0 Å². The van der Waals surface area contributed by atoms with E-state index in [1.165, 1.54) is 82.7 Å². The molecule has 1 spiro atoms. The third-order valence-electron chi connectivity index (χ3n) is 13.4. The van der Waals surface area contributed by atoms with Crippen molar-refractivity contribution in [2.24, 2.45) is 0 Å². The van der Waals surface area contributed by atoms with Gasteiger partial charge in [-0.05, 0) is 79.0 Å². The normalized spacial score (nSPS) is 14.8. The Morgan fingerprint density at radius 1 is 0.404 bits per heavy atom. The van der Waals surface area contributed by atoms with E-state index in [9.17, 15) is 0 Å². The highest BCUT2D eigenvalue weighted by Crippen LogP contribution is 2.64. The van der Waals surface area contributed by atoms with Crippen LogP contribution in [0.3, 0.4) is 0 Å². The minimum absolute atomic E-state index is 0.331. The van der Waals surface area contributed by atoms with Gasteiger partial charge in [-0.25, -0.2) is 9.97 Å². The predicted octanol–water partition coefficient (Wildman–Crippen LogP) is 13.0. The van der Waals surface area contributed by atoms with Crippen LogP contribution in [0, 0.1) is 0 Å². The average molecular weight is 726 g/mol. The second-order valence-corrected chi connectivity index (χ2v) is 16.5. The Balaban J connectivity index is 1.17. The van der Waals surface area contributed by atoms with E-state index in [4.69, 9.17) is 9.97 Å². The third-order valence-corrected chi connectivity index (χ3v) is 13.4. The van der Waals surface area contributed by atoms with Crippen molar-refractivity contribution in [1.82, 2.24) is 14.5 Å². The highest BCUT2D eigenvalue weighted by atomic mass is 15.2. The molecular formula is C54H35N3. The first-order valence-corrected chi connectivity index (χ1v) is 19.9. The summed E-state index contributed by atoms with van der Waals surface area (Å²) in [4.78, 5) is 11.4. The summed E-state index contributed by atoms with van der Waals surface area (Å²) in [5, 5.41) is 4.81. The summed E-state index contributed by atoms with van der Waals surface area (Å²) in [6.45, 7) is 4.69. The molecule has 3 aliphatic rings. The minimum atomic E-state index is -0.444. The van der Waals surface area contributed by atoms with Crippen molar-refractivity contribution >= 4 is 32.6 Å². The number of fused-ring (bicyclic) bond motifs is 17. The Hall–Kier alpha value is -7.10. The Labute approximate surface area is 330 Å². The van der Waals surface area contributed by atoms with E-state index in [1.54, 1.807) is 0 Å². The number of aromatic nitrogens is 3. The molecule has 0 saturated carbocycles. The van der Waals surface area contributed by atoms with Gasteiger partial charge in [-0.15, -0.1) is 0 Å². The maximum absolute atomic E-state index is 5.82. The van der Waals surface area contributed by atoms with Gasteiger partial charge in [0.2, 0.25) is 5.95 Å². The number of hydrogen-bond donors (Lipinski definition) is 0. The van der Waals surface area contributed by atoms with Crippen LogP contribution in [0.25, 0.3) is 83.3 Å². The number of benzene rings is 8. The van der Waals surface area contributed by atoms with Gasteiger partial charge in [-0.2, -0.15) is 0 Å². The number of para-hydroxylation sites is 1. The first-order valence-electron chi connectivity index (χ1n) is 19.9. The van der Waals surface area contributed by atoms with Crippen LogP contribution in [-0.4, -0.2) is 14.5 Å². The van der Waals surface area contributed by atoms with Crippen LogP contribution in [0.15, 0.2) is 176 Å². The van der Waals surface area contributed by atoms with E-state index in [0.717, 1.165) is 28.0 Å². The van der Waals surface area contributed by atoms with Crippen molar-refractivity contribution in [1.29, 1.82) is 0 Å². The molecule has 10 aromatic rings. The second kappa shape index (κ2) is 10.8. The average Bonchev–Trinajstić information content (AvgIpc) is 3.93. The van der Waals surface area contributed by atoms with Gasteiger partial charge < -0.3 is 0 Å². The molecule has 3 aliphatic carbocycles. The van der Waals surface area contributed by atoms with Crippen LogP contribution in [0.1, 0.15) is 47.2 Å². The Kier molecular flexibility index (Phi) is 5.90. The van der Waals surface area contributed by atoms with Crippen LogP contribution in [-0.2, 0) is 10.8 Å². The van der Waals surface area contributed by atoms with Gasteiger partial charge in [0.15, 0.2) is 0 Å². The molecule has 0 bridgehead atoms. The molecule has 2 heterocycles. The highest BCUT2D eigenvalue weighted by molar-refractivity contribution is 6.13. The van der Waals surface area contributed by atoms with E-state index in [-0.39, 0.29) is 5.41 Å². The summed E-state index contributed by atoms with van der Waals surface area (Å²) >= 11 is 0. The van der Waals surface area contributed by atoms with E-state index < -0.39 is 5.41 Å². The molecule has 3 heteroatoms. The van der Waals surface area contributed by atoms with Crippen molar-refractivity contribution in [2.75, 3.05) is 0 Å². The Morgan fingerprint density at radius 2 is 0.912 bits per heavy atom. The molecule has 0 fully saturated rings. The zero-order chi connectivity index (χ0) is 37.6. The molecule has 2 aromatic heterocycles. The lowest BCUT2D eigenvalue weighted by molar-refractivity contribution is 0.657. The third kappa shape index (κ3) is 3.77. The molecule has 8 aromatic carbocycles. The molecule has 0 radical (unpaired) electrons. The zero-order valence-corrected chi connectivity index (χ0v) is 31.6. The topological polar surface area (TPSA) is 30.7 Å². The van der Waals surface area contributed by atoms with Gasteiger partial charge in [-0.3, -0.25) is 4.57 Å². The fourth-order valence-electron chi connectivity index (χ4n) is 11.1. The lowest BCUT2D eigenvalue weighted by Gasteiger charge is -2.30. The quantitative estimate of drug-likeness (QED) is 0.178. The standard InChI is InChI=1S/C54H35N3/c1-53(2)41-24-10-8-22-38(41)50-49(53)51(56-52(55-50)57-46-29-14-9-20-36(46)40-30-32-16-3-4-17-33(32)31-47(40)57)39-23-15-28-45-48(39)37-21-7-13-27-44(37)54(45)42-25-11-5-18-34(42)35-19-6-12-26-43(35)54/h3-31H,1-2H3. The lowest BCUT2D eigenvalue weighted by Crippen LogP contribution is -2.25. The molecular weight excluding hydrogens is 691 g/mol. The van der Waals surface area contributed by atoms with Crippen molar-refractivity contribution in [3.05, 3.63) is 209 Å². The Bertz CT molecular complexity index is 3350. The van der Waals surface area contributed by atoms with Gasteiger partial charge in [0.1, 0.15) is 0 Å². The van der Waals surface area contributed by atoms with E-state index in [0.29, 0.717) is 5.95 Å². The second-order valence-electron chi connectivity index (χ2n) is 16.5. The van der Waals surface area contributed by atoms with Crippen molar-refractivity contribution in [3.8, 4) is 50.7 Å². The number of rotatable bonds is 2. The van der Waals surface area contributed by atoms with Crippen LogP contribution < -0.4 is 0 Å². The summed E-state index contributed by atoms with van der Waals surface area (Å²) in [7, 11) is 0. The SMILES string of the molecule is CC1(C)c2ccccc2-c2nc(-n3c4ccccc4c4cc5ccccc5cc43)nc(-c3cccc4c3-c3ccccc3C43c4ccccc4-c4ccccc43)c21. The van der Waals surface area contributed by atoms with Gasteiger partial charge >= 0.3 is 0 Å². The lowest BCUT2D eigenvalue weighted by atomic mass is 9.70. The van der Waals surface area contributed by atoms with Crippen LogP contribution in [0.5, 0.6) is 0 Å². The van der Waals surface area contributed by atoms with Crippen LogP contribution in [0.2, 0.25) is 0 Å². The molecule has 0 aliphatic heterocycles. The highest BCUT2D eigenvalue weighted by Gasteiger charge is 2.52. The van der Waals surface area contributed by atoms with Gasteiger partial charge in [0, 0.05) is 32.9 Å². The first kappa shape index (κ1) is 31.1. The molecule has 13 rings (SSSR count). The monoisotopic (exact) mass is 725 g/mol. The van der Waals surface area contributed by atoms with E-state index >= 15 is 0 Å². The fraction of sp³-hybridized carbons (Fsp3) is 0.0741. The van der Waals surface area contributed by atoms with E-state index in [2.05, 4.69) is 194 Å². The number of nitrogens with zero attached hydrogens (tertiary/aromatic N) is 3. The molecule has 0 atom stereocenters. The zero-order valence-electron chi connectivity index (χ0n) is 31.6. The van der Waals surface area contributed by atoms with E-state index in [1.807, 2.05) is 0 Å². The molecule has 0 amide bonds. The molecule has 0 N–H and O–H groups in total. The number of hydrogen-bond acceptors (Lipinski definition) is 2. The molecule has 3 nitrogen and oxygen atoms in total. The predicted molar refractivity (Wildman–Crippen MR) is 233 cm³/mol. The van der Waals surface area contributed by atoms with Gasteiger partial charge in [-0.1, -0.05) is 172 Å². The summed E-state index contributed by atoms with van der Waals surface area (Å²) in [6, 6.07) is 64.9. The molecule has 266 valence electrons. The largest absolute Gasteiger partial charge is 0.278 e. The van der Waals surface area contributed by atoms with Gasteiger partial charge in [0.25, 0.3) is 0 Å². The summed E-state index contributed by atoms with van der Waals surface area (Å²) in [6.07, 6.45) is 0. The molecule has 57 heavy (non-hydrogen) atoms. The summed E-state index contributed by atoms with van der Waals surface area (Å²) in [5.74, 6) is 0.688. The van der Waals surface area contributed by atoms with Crippen LogP contribution in [0.4, 0.5) is 0 Å². The minimum Gasteiger partial charge on any atom is -0.278 e. The van der Waals surface area contributed by atoms with Gasteiger partial charge in [0.05, 0.1) is 27.8 Å². The maximum atomic E-state index is 5.82. The maximum Gasteiger partial charge on any atom is 0.235 e. The molecule has 0 unspecified atom stereocenters. The summed E-state index contributed by atoms with van der Waals surface area (Å²) in [5.41, 5.74) is 18.7. The summed E-state index contributed by atoms with van der Waals surface area (Å²) < 4.78 is 2.30.